The zero-order valence-corrected chi connectivity index (χ0v) is 10.2. The Morgan fingerprint density at radius 2 is 2.31 bits per heavy atom. The molecule has 0 atom stereocenters. The number of ether oxygens (including phenoxy) is 1. The molecule has 0 fully saturated rings. The monoisotopic (exact) mass is 224 g/mol. The highest BCUT2D eigenvalue weighted by Gasteiger charge is 2.10. The van der Waals surface area contributed by atoms with E-state index in [2.05, 4.69) is 24.0 Å². The van der Waals surface area contributed by atoms with E-state index >= 15 is 0 Å². The van der Waals surface area contributed by atoms with E-state index in [4.69, 9.17) is 4.74 Å². The van der Waals surface area contributed by atoms with Crippen LogP contribution in [0.3, 0.4) is 0 Å². The van der Waals surface area contributed by atoms with Crippen LogP contribution in [-0.4, -0.2) is 22.8 Å². The summed E-state index contributed by atoms with van der Waals surface area (Å²) in [6, 6.07) is 1.78. The summed E-state index contributed by atoms with van der Waals surface area (Å²) in [4.78, 5) is 11.3. The molecule has 1 N–H and O–H groups in total. The number of hydrogen-bond acceptors (Lipinski definition) is 3. The zero-order chi connectivity index (χ0) is 12.0. The Morgan fingerprint density at radius 3 is 2.94 bits per heavy atom. The maximum Gasteiger partial charge on any atom is 0.358 e. The van der Waals surface area contributed by atoms with Crippen molar-refractivity contribution < 1.29 is 9.53 Å². The molecule has 16 heavy (non-hydrogen) atoms. The van der Waals surface area contributed by atoms with Gasteiger partial charge in [-0.2, -0.15) is 5.10 Å². The molecule has 0 unspecified atom stereocenters. The zero-order valence-electron chi connectivity index (χ0n) is 10.2. The maximum absolute atomic E-state index is 11.3. The molecule has 4 nitrogen and oxygen atoms in total. The van der Waals surface area contributed by atoms with Gasteiger partial charge in [-0.1, -0.05) is 20.3 Å². The van der Waals surface area contributed by atoms with Gasteiger partial charge in [-0.05, 0) is 31.7 Å². The molecular formula is C12H20N2O2. The minimum atomic E-state index is -0.353. The number of H-pyrrole nitrogens is 1. The topological polar surface area (TPSA) is 55.0 Å². The second-order valence-corrected chi connectivity index (χ2v) is 4.28. The summed E-state index contributed by atoms with van der Waals surface area (Å²) in [6.07, 6.45) is 3.24. The van der Waals surface area contributed by atoms with Crippen molar-refractivity contribution in [2.45, 2.75) is 40.0 Å². The summed E-state index contributed by atoms with van der Waals surface area (Å²) in [6.45, 7) is 6.58. The molecule has 0 aromatic carbocycles. The highest BCUT2D eigenvalue weighted by atomic mass is 16.5. The molecule has 1 rings (SSSR count). The molecule has 0 aliphatic carbocycles. The van der Waals surface area contributed by atoms with Crippen LogP contribution in [-0.2, 0) is 11.2 Å². The van der Waals surface area contributed by atoms with Crippen molar-refractivity contribution in [3.63, 3.8) is 0 Å². The first-order chi connectivity index (χ1) is 7.63. The minimum Gasteiger partial charge on any atom is -0.461 e. The number of aryl methyl sites for hydroxylation is 1. The molecule has 0 radical (unpaired) electrons. The molecule has 90 valence electrons. The second-order valence-electron chi connectivity index (χ2n) is 4.28. The number of rotatable bonds is 6. The van der Waals surface area contributed by atoms with E-state index in [9.17, 15) is 4.79 Å². The van der Waals surface area contributed by atoms with Crippen molar-refractivity contribution in [2.75, 3.05) is 6.61 Å². The summed E-state index contributed by atoms with van der Waals surface area (Å²) in [5.41, 5.74) is 1.38. The van der Waals surface area contributed by atoms with Crippen LogP contribution in [0.1, 0.15) is 49.8 Å². The molecule has 0 saturated heterocycles. The van der Waals surface area contributed by atoms with E-state index in [0.717, 1.165) is 18.5 Å². The first-order valence-corrected chi connectivity index (χ1v) is 5.85. The molecule has 0 aliphatic heterocycles. The Labute approximate surface area is 96.4 Å². The third kappa shape index (κ3) is 4.04. The van der Waals surface area contributed by atoms with Gasteiger partial charge in [0.2, 0.25) is 0 Å². The molecule has 0 spiro atoms. The fourth-order valence-corrected chi connectivity index (χ4v) is 1.50. The van der Waals surface area contributed by atoms with E-state index in [1.54, 1.807) is 13.0 Å². The van der Waals surface area contributed by atoms with Crippen LogP contribution < -0.4 is 0 Å². The largest absolute Gasteiger partial charge is 0.461 e. The van der Waals surface area contributed by atoms with Gasteiger partial charge >= 0.3 is 5.97 Å². The summed E-state index contributed by atoms with van der Waals surface area (Å²) >= 11 is 0. The first kappa shape index (κ1) is 12.7. The van der Waals surface area contributed by atoms with E-state index in [1.807, 2.05) is 0 Å². The summed E-state index contributed by atoms with van der Waals surface area (Å²) in [7, 11) is 0. The van der Waals surface area contributed by atoms with E-state index in [-0.39, 0.29) is 5.97 Å². The van der Waals surface area contributed by atoms with Gasteiger partial charge in [-0.25, -0.2) is 4.79 Å². The Balaban J connectivity index is 2.42. The number of carbonyl (C=O) groups is 1. The first-order valence-electron chi connectivity index (χ1n) is 5.85. The predicted molar refractivity (Wildman–Crippen MR) is 62.3 cm³/mol. The van der Waals surface area contributed by atoms with Crippen LogP contribution in [0.2, 0.25) is 0 Å². The predicted octanol–water partition coefficient (Wildman–Crippen LogP) is 2.57. The number of hydrogen-bond donors (Lipinski definition) is 1. The molecule has 1 aromatic rings. The second kappa shape index (κ2) is 6.30. The highest BCUT2D eigenvalue weighted by Crippen LogP contribution is 2.09. The standard InChI is InChI=1S/C12H20N2O2/c1-4-16-12(15)11-8-10(13-14-11)7-5-6-9(2)3/h8-9H,4-7H2,1-3H3,(H,13,14). The fourth-order valence-electron chi connectivity index (χ4n) is 1.50. The molecular weight excluding hydrogens is 204 g/mol. The van der Waals surface area contributed by atoms with Crippen LogP contribution >= 0.6 is 0 Å². The molecule has 0 saturated carbocycles. The summed E-state index contributed by atoms with van der Waals surface area (Å²) < 4.78 is 4.86. The third-order valence-electron chi connectivity index (χ3n) is 2.34. The van der Waals surface area contributed by atoms with Crippen molar-refractivity contribution in [3.8, 4) is 0 Å². The lowest BCUT2D eigenvalue weighted by Gasteiger charge is -2.01. The van der Waals surface area contributed by atoms with Gasteiger partial charge in [-0.15, -0.1) is 0 Å². The average Bonchev–Trinajstić information content (AvgIpc) is 2.66. The molecule has 1 heterocycles. The SMILES string of the molecule is CCOC(=O)c1cc(CCCC(C)C)[nH]n1. The molecule has 0 aliphatic rings. The Morgan fingerprint density at radius 1 is 1.56 bits per heavy atom. The van der Waals surface area contributed by atoms with Crippen LogP contribution in [0.15, 0.2) is 6.07 Å². The van der Waals surface area contributed by atoms with Crippen LogP contribution in [0.25, 0.3) is 0 Å². The Hall–Kier alpha value is -1.32. The highest BCUT2D eigenvalue weighted by molar-refractivity contribution is 5.87. The average molecular weight is 224 g/mol. The van der Waals surface area contributed by atoms with E-state index < -0.39 is 0 Å². The number of carbonyl (C=O) groups excluding carboxylic acids is 1. The van der Waals surface area contributed by atoms with Crippen molar-refractivity contribution >= 4 is 5.97 Å². The van der Waals surface area contributed by atoms with Gasteiger partial charge in [0.25, 0.3) is 0 Å². The van der Waals surface area contributed by atoms with E-state index in [0.29, 0.717) is 18.2 Å². The smallest absolute Gasteiger partial charge is 0.358 e. The molecule has 1 aromatic heterocycles. The molecule has 4 heteroatoms. The number of nitrogens with zero attached hydrogens (tertiary/aromatic N) is 1. The Bertz CT molecular complexity index is 332. The summed E-state index contributed by atoms with van der Waals surface area (Å²) in [5.74, 6) is 0.362. The van der Waals surface area contributed by atoms with Gasteiger partial charge in [0.15, 0.2) is 5.69 Å². The third-order valence-corrected chi connectivity index (χ3v) is 2.34. The number of esters is 1. The maximum atomic E-state index is 11.3. The van der Waals surface area contributed by atoms with Gasteiger partial charge in [0.05, 0.1) is 6.61 Å². The lowest BCUT2D eigenvalue weighted by Crippen LogP contribution is -2.04. The van der Waals surface area contributed by atoms with Crippen LogP contribution in [0.4, 0.5) is 0 Å². The van der Waals surface area contributed by atoms with Crippen molar-refractivity contribution in [2.24, 2.45) is 5.92 Å². The molecule has 0 bridgehead atoms. The van der Waals surface area contributed by atoms with Crippen molar-refractivity contribution in [3.05, 3.63) is 17.5 Å². The molecule has 0 amide bonds. The van der Waals surface area contributed by atoms with Gasteiger partial charge in [0.1, 0.15) is 0 Å². The van der Waals surface area contributed by atoms with Gasteiger partial charge in [0, 0.05) is 5.69 Å². The normalized spacial score (nSPS) is 10.8. The fraction of sp³-hybridized carbons (Fsp3) is 0.667. The number of nitrogens with one attached hydrogen (secondary N) is 1. The minimum absolute atomic E-state index is 0.353. The quantitative estimate of drug-likeness (QED) is 0.755. The van der Waals surface area contributed by atoms with Crippen molar-refractivity contribution in [1.29, 1.82) is 0 Å². The summed E-state index contributed by atoms with van der Waals surface area (Å²) in [5, 5.41) is 6.80. The lowest BCUT2D eigenvalue weighted by atomic mass is 10.1. The number of aromatic nitrogens is 2. The van der Waals surface area contributed by atoms with E-state index in [1.165, 1.54) is 6.42 Å². The van der Waals surface area contributed by atoms with Crippen LogP contribution in [0, 0.1) is 5.92 Å². The number of aromatic amines is 1. The lowest BCUT2D eigenvalue weighted by molar-refractivity contribution is 0.0519. The van der Waals surface area contributed by atoms with Crippen LogP contribution in [0.5, 0.6) is 0 Å². The van der Waals surface area contributed by atoms with Gasteiger partial charge < -0.3 is 4.74 Å². The Kier molecular flexibility index (Phi) is 5.02. The van der Waals surface area contributed by atoms with Gasteiger partial charge in [-0.3, -0.25) is 5.10 Å². The van der Waals surface area contributed by atoms with Crippen molar-refractivity contribution in [1.82, 2.24) is 10.2 Å².